The highest BCUT2D eigenvalue weighted by Crippen LogP contribution is 1.81. The van der Waals surface area contributed by atoms with Crippen molar-refractivity contribution in [2.75, 3.05) is 0 Å². The minimum absolute atomic E-state index is 0.833. The second kappa shape index (κ2) is 5.70. The first-order valence-corrected chi connectivity index (χ1v) is 2.62. The molecule has 0 aromatic heterocycles. The van der Waals surface area contributed by atoms with Gasteiger partial charge in [0.2, 0.25) is 0 Å². The molecule has 0 nitrogen and oxygen atoms in total. The summed E-state index contributed by atoms with van der Waals surface area (Å²) in [6.07, 6.45) is 6.48. The fourth-order valence-electron chi connectivity index (χ4n) is 0.220. The van der Waals surface area contributed by atoms with E-state index in [0.717, 1.165) is 6.42 Å². The molecule has 0 saturated heterocycles. The van der Waals surface area contributed by atoms with Crippen LogP contribution < -0.4 is 0 Å². The summed E-state index contributed by atoms with van der Waals surface area (Å²) in [6.45, 7) is 3.60. The molecule has 7 heavy (non-hydrogen) atoms. The maximum atomic E-state index is 4.51. The average Bonchev–Trinajstić information content (AvgIpc) is 1.69. The van der Waals surface area contributed by atoms with E-state index in [1.165, 1.54) is 0 Å². The summed E-state index contributed by atoms with van der Waals surface area (Å²) in [5.74, 6) is 0. The van der Waals surface area contributed by atoms with Gasteiger partial charge in [-0.05, 0) is 13.3 Å². The van der Waals surface area contributed by atoms with Gasteiger partial charge in [-0.2, -0.15) is 0 Å². The topological polar surface area (TPSA) is 0 Å². The average molecular weight is 112 g/mol. The summed E-state index contributed by atoms with van der Waals surface area (Å²) in [5.41, 5.74) is 0. The molecule has 0 bridgehead atoms. The van der Waals surface area contributed by atoms with Crippen molar-refractivity contribution in [3.8, 4) is 0 Å². The van der Waals surface area contributed by atoms with Crippen LogP contribution in [0.15, 0.2) is 23.6 Å². The quantitative estimate of drug-likeness (QED) is 0.481. The van der Waals surface area contributed by atoms with E-state index in [2.05, 4.69) is 19.6 Å². The maximum absolute atomic E-state index is 4.51. The second-order valence-corrected chi connectivity index (χ2v) is 1.32. The summed E-state index contributed by atoms with van der Waals surface area (Å²) in [5, 5.41) is 1.58. The van der Waals surface area contributed by atoms with Crippen molar-refractivity contribution in [2.24, 2.45) is 0 Å². The van der Waals surface area contributed by atoms with Crippen LogP contribution in [-0.2, 0) is 0 Å². The Labute approximate surface area is 50.3 Å². The first-order chi connectivity index (χ1) is 3.41. The molecular weight excluding hydrogens is 104 g/mol. The first-order valence-electron chi connectivity index (χ1n) is 2.14. The molecule has 0 N–H and O–H groups in total. The summed E-state index contributed by atoms with van der Waals surface area (Å²) >= 11 is 4.51. The third-order valence-corrected chi connectivity index (χ3v) is 0.650. The number of hydrogen-bond donors (Lipinski definition) is 0. The normalized spacial score (nSPS) is 11.6. The third kappa shape index (κ3) is 5.70. The molecular formula is C6H8S. The van der Waals surface area contributed by atoms with E-state index in [-0.39, 0.29) is 0 Å². The first kappa shape index (κ1) is 6.70. The van der Waals surface area contributed by atoms with Gasteiger partial charge in [-0.15, -0.1) is 0 Å². The van der Waals surface area contributed by atoms with Gasteiger partial charge in [0, 0.05) is 5.41 Å². The summed E-state index contributed by atoms with van der Waals surface area (Å²) in [6, 6.07) is 0. The van der Waals surface area contributed by atoms with Gasteiger partial charge in [0.25, 0.3) is 0 Å². The van der Waals surface area contributed by atoms with Gasteiger partial charge in [-0.25, -0.2) is 0 Å². The molecule has 0 aromatic carbocycles. The van der Waals surface area contributed by atoms with E-state index in [9.17, 15) is 0 Å². The highest BCUT2D eigenvalue weighted by Gasteiger charge is 1.58. The predicted molar refractivity (Wildman–Crippen MR) is 35.8 cm³/mol. The van der Waals surface area contributed by atoms with Crippen molar-refractivity contribution < 1.29 is 0 Å². The fourth-order valence-corrected chi connectivity index (χ4v) is 0.311. The smallest absolute Gasteiger partial charge is 0.00134 e. The van der Waals surface area contributed by atoms with E-state index in [1.807, 2.05) is 12.2 Å². The van der Waals surface area contributed by atoms with Crippen LogP contribution in [0.4, 0.5) is 0 Å². The molecule has 0 fully saturated rings. The molecule has 0 saturated carbocycles. The van der Waals surface area contributed by atoms with Crippen molar-refractivity contribution in [1.29, 1.82) is 0 Å². The Morgan fingerprint density at radius 3 is 2.57 bits per heavy atom. The lowest BCUT2D eigenvalue weighted by molar-refractivity contribution is 1.40. The lowest BCUT2D eigenvalue weighted by atomic mass is 10.4. The molecule has 38 valence electrons. The lowest BCUT2D eigenvalue weighted by Gasteiger charge is -1.69. The van der Waals surface area contributed by atoms with Crippen LogP contribution >= 0.6 is 12.6 Å². The van der Waals surface area contributed by atoms with Crippen LogP contribution in [0.3, 0.4) is 0 Å². The molecule has 0 aliphatic rings. The molecule has 2 radical (unpaired) electrons. The maximum Gasteiger partial charge on any atom is 0.00134 e. The summed E-state index contributed by atoms with van der Waals surface area (Å²) < 4.78 is 0. The van der Waals surface area contributed by atoms with Gasteiger partial charge in [-0.3, -0.25) is 0 Å². The van der Waals surface area contributed by atoms with Crippen molar-refractivity contribution in [3.05, 3.63) is 30.6 Å². The standard InChI is InChI=1S/C6H8S/c1-2-3-4-5-6-7/h3-6H,1-2H2. The number of rotatable bonds is 2. The van der Waals surface area contributed by atoms with Gasteiger partial charge in [0.15, 0.2) is 0 Å². The van der Waals surface area contributed by atoms with E-state index in [4.69, 9.17) is 0 Å². The zero-order valence-electron chi connectivity index (χ0n) is 4.13. The molecule has 0 amide bonds. The highest BCUT2D eigenvalue weighted by molar-refractivity contribution is 7.83. The van der Waals surface area contributed by atoms with E-state index >= 15 is 0 Å². The van der Waals surface area contributed by atoms with E-state index in [0.29, 0.717) is 0 Å². The van der Waals surface area contributed by atoms with Gasteiger partial charge in [0.1, 0.15) is 0 Å². The van der Waals surface area contributed by atoms with Gasteiger partial charge < -0.3 is 0 Å². The molecule has 0 unspecified atom stereocenters. The van der Waals surface area contributed by atoms with E-state index in [1.54, 1.807) is 11.5 Å². The Morgan fingerprint density at radius 1 is 1.43 bits per heavy atom. The van der Waals surface area contributed by atoms with Crippen LogP contribution in [0.2, 0.25) is 0 Å². The predicted octanol–water partition coefficient (Wildman–Crippen LogP) is 2.48. The van der Waals surface area contributed by atoms with Crippen LogP contribution in [0.5, 0.6) is 0 Å². The fraction of sp³-hybridized carbons (Fsp3) is 0.167. The Balaban J connectivity index is 3.09. The van der Waals surface area contributed by atoms with Gasteiger partial charge in [-0.1, -0.05) is 30.9 Å². The molecule has 1 heteroatoms. The second-order valence-electron chi connectivity index (χ2n) is 1.05. The Morgan fingerprint density at radius 2 is 2.14 bits per heavy atom. The monoisotopic (exact) mass is 112 g/mol. The van der Waals surface area contributed by atoms with Crippen LogP contribution in [0.25, 0.3) is 0 Å². The van der Waals surface area contributed by atoms with Crippen molar-refractivity contribution in [3.63, 3.8) is 0 Å². The molecule has 0 rings (SSSR count). The molecule has 0 spiro atoms. The summed E-state index contributed by atoms with van der Waals surface area (Å²) in [7, 11) is 0. The summed E-state index contributed by atoms with van der Waals surface area (Å²) in [4.78, 5) is 0. The van der Waals surface area contributed by atoms with Crippen LogP contribution in [-0.4, -0.2) is 0 Å². The molecule has 0 heterocycles. The van der Waals surface area contributed by atoms with E-state index < -0.39 is 0 Å². The number of hydrogen-bond acceptors (Lipinski definition) is 0. The highest BCUT2D eigenvalue weighted by atomic mass is 32.1. The largest absolute Gasteiger partial charge is 0.0887 e. The van der Waals surface area contributed by atoms with Gasteiger partial charge >= 0.3 is 0 Å². The van der Waals surface area contributed by atoms with Crippen molar-refractivity contribution >= 4 is 12.6 Å². The zero-order valence-corrected chi connectivity index (χ0v) is 4.95. The Hall–Kier alpha value is -0.300. The zero-order chi connectivity index (χ0) is 5.54. The third-order valence-electron chi connectivity index (χ3n) is 0.492. The molecule has 0 aliphatic carbocycles. The van der Waals surface area contributed by atoms with Crippen LogP contribution in [0, 0.1) is 6.92 Å². The molecule has 0 atom stereocenters. The molecule has 0 aromatic rings. The SMILES string of the molecule is [CH2]CC=CC=C[S]. The Kier molecular flexibility index (Phi) is 5.46. The van der Waals surface area contributed by atoms with Crippen molar-refractivity contribution in [1.82, 2.24) is 0 Å². The Bertz CT molecular complexity index is 72.2. The molecule has 0 aliphatic heterocycles. The van der Waals surface area contributed by atoms with Gasteiger partial charge in [0.05, 0.1) is 0 Å². The number of allylic oxidation sites excluding steroid dienone is 3. The minimum Gasteiger partial charge on any atom is -0.0887 e. The minimum atomic E-state index is 0.833. The van der Waals surface area contributed by atoms with Crippen LogP contribution in [0.1, 0.15) is 6.42 Å². The van der Waals surface area contributed by atoms with Crippen molar-refractivity contribution in [2.45, 2.75) is 6.42 Å². The lowest BCUT2D eigenvalue weighted by Crippen LogP contribution is -1.48.